The lowest BCUT2D eigenvalue weighted by Gasteiger charge is -2.36. The zero-order chi connectivity index (χ0) is 21.0. The summed E-state index contributed by atoms with van der Waals surface area (Å²) < 4.78 is 11.6. The largest absolute Gasteiger partial charge is 0.490 e. The van der Waals surface area contributed by atoms with E-state index in [9.17, 15) is 4.79 Å². The molecule has 2 fully saturated rings. The van der Waals surface area contributed by atoms with Crippen LogP contribution in [0.5, 0.6) is 11.5 Å². The van der Waals surface area contributed by atoms with Crippen LogP contribution in [0.15, 0.2) is 42.6 Å². The molecule has 2 saturated heterocycles. The summed E-state index contributed by atoms with van der Waals surface area (Å²) in [6.45, 7) is 5.97. The molecule has 31 heavy (non-hydrogen) atoms. The predicted octanol–water partition coefficient (Wildman–Crippen LogP) is 2.73. The summed E-state index contributed by atoms with van der Waals surface area (Å²) in [5.74, 6) is 2.87. The van der Waals surface area contributed by atoms with Crippen molar-refractivity contribution in [3.8, 4) is 11.5 Å². The molecule has 0 bridgehead atoms. The molecule has 4 heterocycles. The van der Waals surface area contributed by atoms with E-state index in [-0.39, 0.29) is 11.9 Å². The molecule has 7 nitrogen and oxygen atoms in total. The second-order valence-corrected chi connectivity index (χ2v) is 8.44. The number of fused-ring (bicyclic) bond motifs is 1. The molecular formula is C24H30N4O3. The van der Waals surface area contributed by atoms with Gasteiger partial charge in [-0.15, -0.1) is 0 Å². The number of hydrogen-bond donors (Lipinski definition) is 0. The van der Waals surface area contributed by atoms with Crippen LogP contribution in [-0.2, 0) is 4.79 Å². The Morgan fingerprint density at radius 2 is 1.81 bits per heavy atom. The summed E-state index contributed by atoms with van der Waals surface area (Å²) in [6, 6.07) is 12.5. The van der Waals surface area contributed by atoms with E-state index < -0.39 is 0 Å². The van der Waals surface area contributed by atoms with Crippen molar-refractivity contribution in [3.63, 3.8) is 0 Å². The van der Waals surface area contributed by atoms with Gasteiger partial charge in [0, 0.05) is 44.8 Å². The van der Waals surface area contributed by atoms with Crippen molar-refractivity contribution in [2.45, 2.75) is 25.3 Å². The normalized spacial score (nSPS) is 21.7. The summed E-state index contributed by atoms with van der Waals surface area (Å²) in [5.41, 5.74) is 1.22. The van der Waals surface area contributed by atoms with E-state index in [1.165, 1.54) is 5.56 Å². The second-order valence-electron chi connectivity index (χ2n) is 8.44. The molecule has 1 amide bonds. The molecule has 0 unspecified atom stereocenters. The molecule has 164 valence electrons. The highest BCUT2D eigenvalue weighted by Gasteiger charge is 2.31. The van der Waals surface area contributed by atoms with Gasteiger partial charge in [0.15, 0.2) is 11.5 Å². The summed E-state index contributed by atoms with van der Waals surface area (Å²) in [7, 11) is 0. The van der Waals surface area contributed by atoms with E-state index >= 15 is 0 Å². The Morgan fingerprint density at radius 3 is 2.61 bits per heavy atom. The van der Waals surface area contributed by atoms with Crippen LogP contribution in [0.4, 0.5) is 5.82 Å². The van der Waals surface area contributed by atoms with Crippen LogP contribution in [0.2, 0.25) is 0 Å². The zero-order valence-corrected chi connectivity index (χ0v) is 17.9. The quantitative estimate of drug-likeness (QED) is 0.755. The number of likely N-dealkylation sites (tertiary alicyclic amines) is 1. The third-order valence-electron chi connectivity index (χ3n) is 6.46. The highest BCUT2D eigenvalue weighted by atomic mass is 16.5. The minimum atomic E-state index is 0.224. The number of carbonyl (C=O) groups excluding carboxylic acids is 1. The lowest BCUT2D eigenvalue weighted by molar-refractivity contribution is -0.133. The number of ether oxygens (including phenoxy) is 2. The van der Waals surface area contributed by atoms with E-state index in [4.69, 9.17) is 9.47 Å². The number of pyridine rings is 1. The van der Waals surface area contributed by atoms with E-state index in [1.807, 2.05) is 35.4 Å². The monoisotopic (exact) mass is 422 g/mol. The third kappa shape index (κ3) is 4.46. The van der Waals surface area contributed by atoms with Crippen molar-refractivity contribution in [2.75, 3.05) is 57.4 Å². The molecule has 3 aliphatic heterocycles. The molecule has 0 spiro atoms. The van der Waals surface area contributed by atoms with Crippen molar-refractivity contribution in [1.82, 2.24) is 14.8 Å². The molecule has 1 atom stereocenters. The first-order valence-electron chi connectivity index (χ1n) is 11.4. The second kappa shape index (κ2) is 9.14. The lowest BCUT2D eigenvalue weighted by atomic mass is 10.0. The van der Waals surface area contributed by atoms with Gasteiger partial charge in [0.05, 0.1) is 19.8 Å². The number of hydrogen-bond acceptors (Lipinski definition) is 6. The molecule has 3 aliphatic rings. The summed E-state index contributed by atoms with van der Waals surface area (Å²) >= 11 is 0. The number of nitrogens with zero attached hydrogens (tertiary/aromatic N) is 4. The van der Waals surface area contributed by atoms with Crippen LogP contribution < -0.4 is 14.4 Å². The maximum Gasteiger partial charge on any atom is 0.236 e. The molecule has 5 rings (SSSR count). The van der Waals surface area contributed by atoms with Gasteiger partial charge in [-0.25, -0.2) is 4.98 Å². The van der Waals surface area contributed by atoms with E-state index in [2.05, 4.69) is 26.9 Å². The van der Waals surface area contributed by atoms with Crippen molar-refractivity contribution in [1.29, 1.82) is 0 Å². The number of anilines is 1. The topological polar surface area (TPSA) is 58.1 Å². The minimum absolute atomic E-state index is 0.224. The van der Waals surface area contributed by atoms with Crippen molar-refractivity contribution >= 4 is 11.7 Å². The Labute approximate surface area is 183 Å². The number of amides is 1. The van der Waals surface area contributed by atoms with Crippen LogP contribution in [0.3, 0.4) is 0 Å². The van der Waals surface area contributed by atoms with Gasteiger partial charge in [-0.1, -0.05) is 12.1 Å². The molecular weight excluding hydrogens is 392 g/mol. The van der Waals surface area contributed by atoms with Crippen LogP contribution in [-0.4, -0.2) is 73.2 Å². The number of carbonyl (C=O) groups is 1. The minimum Gasteiger partial charge on any atom is -0.490 e. The van der Waals surface area contributed by atoms with Crippen LogP contribution in [0, 0.1) is 0 Å². The summed E-state index contributed by atoms with van der Waals surface area (Å²) in [4.78, 5) is 24.1. The fraction of sp³-hybridized carbons (Fsp3) is 0.500. The van der Waals surface area contributed by atoms with Gasteiger partial charge in [0.25, 0.3) is 0 Å². The molecule has 0 radical (unpaired) electrons. The molecule has 0 N–H and O–H groups in total. The SMILES string of the molecule is O=C(CN1CCC[C@@H]1c1ccc2c(c1)OCCCO2)N1CCN(c2ccccn2)CC1. The number of aromatic nitrogens is 1. The maximum atomic E-state index is 13.1. The van der Waals surface area contributed by atoms with E-state index in [1.54, 1.807) is 0 Å². The Balaban J connectivity index is 1.20. The third-order valence-corrected chi connectivity index (χ3v) is 6.46. The van der Waals surface area contributed by atoms with Crippen LogP contribution in [0.1, 0.15) is 30.9 Å². The first-order valence-corrected chi connectivity index (χ1v) is 11.4. The van der Waals surface area contributed by atoms with Gasteiger partial charge >= 0.3 is 0 Å². The van der Waals surface area contributed by atoms with Crippen LogP contribution >= 0.6 is 0 Å². The van der Waals surface area contributed by atoms with E-state index in [0.717, 1.165) is 69.3 Å². The van der Waals surface area contributed by atoms with Gasteiger partial charge in [-0.3, -0.25) is 9.69 Å². The molecule has 7 heteroatoms. The smallest absolute Gasteiger partial charge is 0.236 e. The Bertz CT molecular complexity index is 899. The molecule has 0 aliphatic carbocycles. The maximum absolute atomic E-state index is 13.1. The number of rotatable bonds is 4. The first kappa shape index (κ1) is 20.1. The van der Waals surface area contributed by atoms with Crippen LogP contribution in [0.25, 0.3) is 0 Å². The lowest BCUT2D eigenvalue weighted by Crippen LogP contribution is -2.51. The van der Waals surface area contributed by atoms with Gasteiger partial charge in [0.2, 0.25) is 5.91 Å². The highest BCUT2D eigenvalue weighted by molar-refractivity contribution is 5.78. The predicted molar refractivity (Wildman–Crippen MR) is 119 cm³/mol. The molecule has 2 aromatic rings. The first-order chi connectivity index (χ1) is 15.3. The van der Waals surface area contributed by atoms with Crippen molar-refractivity contribution in [3.05, 3.63) is 48.2 Å². The van der Waals surface area contributed by atoms with Gasteiger partial charge < -0.3 is 19.3 Å². The van der Waals surface area contributed by atoms with E-state index in [0.29, 0.717) is 19.8 Å². The average Bonchev–Trinajstić information content (AvgIpc) is 3.15. The Kier molecular flexibility index (Phi) is 5.93. The fourth-order valence-corrected chi connectivity index (χ4v) is 4.78. The van der Waals surface area contributed by atoms with Crippen molar-refractivity contribution < 1.29 is 14.3 Å². The molecule has 1 aromatic heterocycles. The summed E-state index contributed by atoms with van der Waals surface area (Å²) in [6.07, 6.45) is 4.90. The Morgan fingerprint density at radius 1 is 0.968 bits per heavy atom. The zero-order valence-electron chi connectivity index (χ0n) is 17.9. The number of benzene rings is 1. The van der Waals surface area contributed by atoms with Gasteiger partial charge in [-0.05, 0) is 49.2 Å². The highest BCUT2D eigenvalue weighted by Crippen LogP contribution is 2.37. The summed E-state index contributed by atoms with van der Waals surface area (Å²) in [5, 5.41) is 0. The standard InChI is InChI=1S/C24H30N4O3/c29-24(27-13-11-26(12-14-27)23-6-1-2-9-25-23)18-28-10-3-5-20(28)19-7-8-21-22(17-19)31-16-4-15-30-21/h1-2,6-9,17,20H,3-5,10-16,18H2/t20-/m1/s1. The van der Waals surface area contributed by atoms with Crippen molar-refractivity contribution in [2.24, 2.45) is 0 Å². The molecule has 1 aromatic carbocycles. The number of piperazine rings is 1. The average molecular weight is 423 g/mol. The van der Waals surface area contributed by atoms with Gasteiger partial charge in [0.1, 0.15) is 5.82 Å². The van der Waals surface area contributed by atoms with Gasteiger partial charge in [-0.2, -0.15) is 0 Å². The molecule has 0 saturated carbocycles. The Hall–Kier alpha value is -2.80. The fourth-order valence-electron chi connectivity index (χ4n) is 4.78.